The maximum atomic E-state index is 12.2. The molecule has 0 unspecified atom stereocenters. The number of esters is 1. The van der Waals surface area contributed by atoms with Crippen molar-refractivity contribution in [2.24, 2.45) is 0 Å². The number of nitrogens with zero attached hydrogens (tertiary/aromatic N) is 1. The Bertz CT molecular complexity index is 1060. The van der Waals surface area contributed by atoms with E-state index in [2.05, 4.69) is 5.32 Å². The second-order valence-corrected chi connectivity index (χ2v) is 6.29. The van der Waals surface area contributed by atoms with E-state index < -0.39 is 23.4 Å². The summed E-state index contributed by atoms with van der Waals surface area (Å²) in [6, 6.07) is 19.9. The van der Waals surface area contributed by atoms with Crippen molar-refractivity contribution in [2.75, 3.05) is 11.9 Å². The fraction of sp³-hybridized carbons (Fsp3) is 0.0909. The lowest BCUT2D eigenvalue weighted by Gasteiger charge is -2.10. The molecule has 0 spiro atoms. The summed E-state index contributed by atoms with van der Waals surface area (Å²) in [6.07, 6.45) is 0. The largest absolute Gasteiger partial charge is 0.457 e. The monoisotopic (exact) mass is 406 g/mol. The fourth-order valence-electron chi connectivity index (χ4n) is 2.64. The van der Waals surface area contributed by atoms with Gasteiger partial charge in [0.25, 0.3) is 11.6 Å². The van der Waals surface area contributed by atoms with E-state index in [1.54, 1.807) is 37.3 Å². The Kier molecular flexibility index (Phi) is 6.39. The van der Waals surface area contributed by atoms with Crippen LogP contribution in [0.4, 0.5) is 11.4 Å². The summed E-state index contributed by atoms with van der Waals surface area (Å²) in [7, 11) is 0. The van der Waals surface area contributed by atoms with E-state index in [4.69, 9.17) is 9.47 Å². The smallest absolute Gasteiger partial charge is 0.338 e. The van der Waals surface area contributed by atoms with Gasteiger partial charge < -0.3 is 14.8 Å². The number of hydrogen-bond donors (Lipinski definition) is 1. The molecule has 0 atom stereocenters. The SMILES string of the molecule is Cc1cccc([N+](=O)[O-])c1NC(=O)COC(=O)c1ccc(Oc2ccccc2)cc1. The Balaban J connectivity index is 1.57. The summed E-state index contributed by atoms with van der Waals surface area (Å²) < 4.78 is 10.6. The molecule has 0 fully saturated rings. The molecule has 152 valence electrons. The first-order chi connectivity index (χ1) is 14.4. The van der Waals surface area contributed by atoms with Crippen molar-refractivity contribution in [1.82, 2.24) is 0 Å². The lowest BCUT2D eigenvalue weighted by atomic mass is 10.1. The van der Waals surface area contributed by atoms with Gasteiger partial charge in [0.2, 0.25) is 0 Å². The number of nitrogens with one attached hydrogen (secondary N) is 1. The number of ether oxygens (including phenoxy) is 2. The van der Waals surface area contributed by atoms with Crippen molar-refractivity contribution in [1.29, 1.82) is 0 Å². The van der Waals surface area contributed by atoms with Crippen LogP contribution < -0.4 is 10.1 Å². The zero-order valence-electron chi connectivity index (χ0n) is 16.0. The maximum absolute atomic E-state index is 12.2. The topological polar surface area (TPSA) is 108 Å². The Labute approximate surface area is 172 Å². The number of amides is 1. The molecule has 1 N–H and O–H groups in total. The van der Waals surface area contributed by atoms with Crippen molar-refractivity contribution < 1.29 is 24.0 Å². The van der Waals surface area contributed by atoms with Crippen LogP contribution >= 0.6 is 0 Å². The van der Waals surface area contributed by atoms with Crippen LogP contribution in [0.2, 0.25) is 0 Å². The van der Waals surface area contributed by atoms with Crippen molar-refractivity contribution >= 4 is 23.3 Å². The van der Waals surface area contributed by atoms with E-state index in [0.29, 0.717) is 17.1 Å². The number of para-hydroxylation sites is 2. The van der Waals surface area contributed by atoms with Crippen LogP contribution in [-0.2, 0) is 9.53 Å². The van der Waals surface area contributed by atoms with Gasteiger partial charge in [-0.15, -0.1) is 0 Å². The third-order valence-corrected chi connectivity index (χ3v) is 4.12. The molecule has 0 saturated carbocycles. The van der Waals surface area contributed by atoms with Gasteiger partial charge in [-0.3, -0.25) is 14.9 Å². The molecule has 0 radical (unpaired) electrons. The number of nitro groups is 1. The van der Waals surface area contributed by atoms with E-state index in [9.17, 15) is 19.7 Å². The van der Waals surface area contributed by atoms with Gasteiger partial charge in [-0.05, 0) is 48.9 Å². The lowest BCUT2D eigenvalue weighted by Crippen LogP contribution is -2.22. The molecule has 0 aliphatic heterocycles. The summed E-state index contributed by atoms with van der Waals surface area (Å²) in [4.78, 5) is 34.8. The molecule has 0 heterocycles. The van der Waals surface area contributed by atoms with Gasteiger partial charge in [0, 0.05) is 6.07 Å². The Morgan fingerprint density at radius 1 is 0.933 bits per heavy atom. The molecule has 0 aromatic heterocycles. The molecule has 3 aromatic carbocycles. The molecule has 0 aliphatic rings. The van der Waals surface area contributed by atoms with E-state index in [1.807, 2.05) is 18.2 Å². The summed E-state index contributed by atoms with van der Waals surface area (Å²) in [5.74, 6) is -0.169. The number of anilines is 1. The quantitative estimate of drug-likeness (QED) is 0.352. The fourth-order valence-corrected chi connectivity index (χ4v) is 2.64. The molecule has 3 rings (SSSR count). The predicted molar refractivity (Wildman–Crippen MR) is 110 cm³/mol. The molecule has 0 saturated heterocycles. The molecule has 1 amide bonds. The molecule has 30 heavy (non-hydrogen) atoms. The summed E-state index contributed by atoms with van der Waals surface area (Å²) in [6.45, 7) is 1.06. The number of carbonyl (C=O) groups is 2. The van der Waals surface area contributed by atoms with Gasteiger partial charge >= 0.3 is 5.97 Å². The minimum absolute atomic E-state index is 0.0750. The van der Waals surface area contributed by atoms with Gasteiger partial charge in [-0.2, -0.15) is 0 Å². The molecule has 0 aliphatic carbocycles. The number of hydrogen-bond acceptors (Lipinski definition) is 6. The average molecular weight is 406 g/mol. The van der Waals surface area contributed by atoms with Crippen molar-refractivity contribution in [3.63, 3.8) is 0 Å². The highest BCUT2D eigenvalue weighted by molar-refractivity contribution is 5.97. The highest BCUT2D eigenvalue weighted by Crippen LogP contribution is 2.27. The number of nitro benzene ring substituents is 1. The number of carbonyl (C=O) groups excluding carboxylic acids is 2. The summed E-state index contributed by atoms with van der Waals surface area (Å²) in [5.41, 5.74) is 0.609. The van der Waals surface area contributed by atoms with E-state index >= 15 is 0 Å². The molecule has 0 bridgehead atoms. The molecular weight excluding hydrogens is 388 g/mol. The third kappa shape index (κ3) is 5.20. The lowest BCUT2D eigenvalue weighted by molar-refractivity contribution is -0.384. The minimum atomic E-state index is -0.698. The van der Waals surface area contributed by atoms with Gasteiger partial charge in [-0.1, -0.05) is 30.3 Å². The first kappa shape index (κ1) is 20.5. The Morgan fingerprint density at radius 2 is 1.60 bits per heavy atom. The predicted octanol–water partition coefficient (Wildman–Crippen LogP) is 4.49. The Morgan fingerprint density at radius 3 is 2.27 bits per heavy atom. The van der Waals surface area contributed by atoms with Crippen LogP contribution in [0.3, 0.4) is 0 Å². The zero-order chi connectivity index (χ0) is 21.5. The number of aryl methyl sites for hydroxylation is 1. The van der Waals surface area contributed by atoms with Crippen molar-refractivity contribution in [3.8, 4) is 11.5 Å². The average Bonchev–Trinajstić information content (AvgIpc) is 2.74. The van der Waals surface area contributed by atoms with Crippen molar-refractivity contribution in [3.05, 3.63) is 94.0 Å². The van der Waals surface area contributed by atoms with Gasteiger partial charge in [-0.25, -0.2) is 4.79 Å². The van der Waals surface area contributed by atoms with Crippen LogP contribution in [0, 0.1) is 17.0 Å². The third-order valence-electron chi connectivity index (χ3n) is 4.12. The van der Waals surface area contributed by atoms with E-state index in [1.165, 1.54) is 24.3 Å². The highest BCUT2D eigenvalue weighted by Gasteiger charge is 2.18. The number of rotatable bonds is 7. The number of benzene rings is 3. The zero-order valence-corrected chi connectivity index (χ0v) is 16.0. The summed E-state index contributed by atoms with van der Waals surface area (Å²) >= 11 is 0. The first-order valence-electron chi connectivity index (χ1n) is 8.98. The second kappa shape index (κ2) is 9.33. The standard InChI is InChI=1S/C22H18N2O6/c1-15-6-5-9-19(24(27)28)21(15)23-20(25)14-29-22(26)16-10-12-18(13-11-16)30-17-7-3-2-4-8-17/h2-13H,14H2,1H3,(H,23,25). The molecule has 3 aromatic rings. The first-order valence-corrected chi connectivity index (χ1v) is 8.98. The molecule has 8 nitrogen and oxygen atoms in total. The van der Waals surface area contributed by atoms with Gasteiger partial charge in [0.15, 0.2) is 6.61 Å². The maximum Gasteiger partial charge on any atom is 0.338 e. The second-order valence-electron chi connectivity index (χ2n) is 6.29. The summed E-state index contributed by atoms with van der Waals surface area (Å²) in [5, 5.41) is 13.5. The van der Waals surface area contributed by atoms with Crippen LogP contribution in [0.1, 0.15) is 15.9 Å². The van der Waals surface area contributed by atoms with Crippen LogP contribution in [0.5, 0.6) is 11.5 Å². The van der Waals surface area contributed by atoms with E-state index in [0.717, 1.165) is 0 Å². The van der Waals surface area contributed by atoms with Crippen LogP contribution in [-0.4, -0.2) is 23.4 Å². The normalized spacial score (nSPS) is 10.2. The van der Waals surface area contributed by atoms with Crippen LogP contribution in [0.15, 0.2) is 72.8 Å². The van der Waals surface area contributed by atoms with Crippen molar-refractivity contribution in [2.45, 2.75) is 6.92 Å². The van der Waals surface area contributed by atoms with E-state index in [-0.39, 0.29) is 16.9 Å². The molecule has 8 heteroatoms. The molecular formula is C22H18N2O6. The Hall–Kier alpha value is -4.20. The highest BCUT2D eigenvalue weighted by atomic mass is 16.6. The van der Waals surface area contributed by atoms with Crippen LogP contribution in [0.25, 0.3) is 0 Å². The van der Waals surface area contributed by atoms with Gasteiger partial charge in [0.1, 0.15) is 17.2 Å². The van der Waals surface area contributed by atoms with Gasteiger partial charge in [0.05, 0.1) is 10.5 Å². The minimum Gasteiger partial charge on any atom is -0.457 e.